The molecule has 2 nitrogen and oxygen atoms in total. The molecule has 0 heterocycles. The first-order valence-electron chi connectivity index (χ1n) is 5.91. The van der Waals surface area contributed by atoms with Gasteiger partial charge in [0, 0.05) is 13.1 Å². The van der Waals surface area contributed by atoms with Crippen LogP contribution in [0.4, 0.5) is 0 Å². The Labute approximate surface area is 92.7 Å². The maximum Gasteiger partial charge on any atom is 0.226 e. The molecule has 0 fully saturated rings. The predicted octanol–water partition coefficient (Wildman–Crippen LogP) is 2.91. The van der Waals surface area contributed by atoms with E-state index in [1.54, 1.807) is 0 Å². The van der Waals surface area contributed by atoms with E-state index in [4.69, 9.17) is 0 Å². The van der Waals surface area contributed by atoms with Crippen molar-refractivity contribution in [1.29, 1.82) is 0 Å². The van der Waals surface area contributed by atoms with E-state index < -0.39 is 0 Å². The van der Waals surface area contributed by atoms with Crippen molar-refractivity contribution in [2.24, 2.45) is 0 Å². The summed E-state index contributed by atoms with van der Waals surface area (Å²) in [6, 6.07) is 0. The first kappa shape index (κ1) is 12.0. The number of nitrogens with zero attached hydrogens (tertiary/aromatic N) is 1. The first-order chi connectivity index (χ1) is 7.27. The summed E-state index contributed by atoms with van der Waals surface area (Å²) in [7, 11) is 0. The van der Waals surface area contributed by atoms with Gasteiger partial charge < -0.3 is 4.90 Å². The molecule has 0 saturated heterocycles. The zero-order valence-electron chi connectivity index (χ0n) is 9.83. The monoisotopic (exact) mass is 207 g/mol. The van der Waals surface area contributed by atoms with E-state index in [2.05, 4.69) is 25.2 Å². The Hall–Kier alpha value is -1.05. The normalized spacial score (nSPS) is 14.9. The molecular weight excluding hydrogens is 186 g/mol. The Balaban J connectivity index is 2.45. The highest BCUT2D eigenvalue weighted by Crippen LogP contribution is 2.14. The highest BCUT2D eigenvalue weighted by Gasteiger charge is 2.11. The highest BCUT2D eigenvalue weighted by molar-refractivity contribution is 5.79. The van der Waals surface area contributed by atoms with E-state index >= 15 is 0 Å². The minimum Gasteiger partial charge on any atom is -0.343 e. The molecule has 15 heavy (non-hydrogen) atoms. The predicted molar refractivity (Wildman–Crippen MR) is 63.6 cm³/mol. The summed E-state index contributed by atoms with van der Waals surface area (Å²) in [5.74, 6) is 0.261. The van der Waals surface area contributed by atoms with Crippen LogP contribution in [-0.4, -0.2) is 23.9 Å². The van der Waals surface area contributed by atoms with Gasteiger partial charge in [0.05, 0.1) is 6.42 Å². The number of allylic oxidation sites excluding steroid dienone is 3. The van der Waals surface area contributed by atoms with Crippen molar-refractivity contribution in [3.63, 3.8) is 0 Å². The second-order valence-electron chi connectivity index (χ2n) is 3.91. The van der Waals surface area contributed by atoms with Gasteiger partial charge >= 0.3 is 0 Å². The van der Waals surface area contributed by atoms with E-state index in [-0.39, 0.29) is 5.91 Å². The van der Waals surface area contributed by atoms with E-state index in [1.807, 2.05) is 11.8 Å². The molecule has 0 saturated carbocycles. The number of rotatable bonds is 5. The largest absolute Gasteiger partial charge is 0.343 e. The van der Waals surface area contributed by atoms with Gasteiger partial charge in [-0.1, -0.05) is 25.2 Å². The fourth-order valence-electron chi connectivity index (χ4n) is 1.81. The second-order valence-corrected chi connectivity index (χ2v) is 3.91. The molecule has 0 aromatic carbocycles. The molecule has 1 aliphatic carbocycles. The van der Waals surface area contributed by atoms with Gasteiger partial charge in [-0.15, -0.1) is 0 Å². The fourth-order valence-corrected chi connectivity index (χ4v) is 1.81. The lowest BCUT2D eigenvalue weighted by molar-refractivity contribution is -0.130. The standard InChI is InChI=1S/C13H21NO/c1-3-10-14(4-2)13(15)11-12-8-6-5-7-9-12/h6,8-9H,3-5,7,10-11H2,1-2H3. The minimum atomic E-state index is 0.261. The topological polar surface area (TPSA) is 20.3 Å². The fraction of sp³-hybridized carbons (Fsp3) is 0.615. The molecule has 0 atom stereocenters. The minimum absolute atomic E-state index is 0.261. The van der Waals surface area contributed by atoms with Gasteiger partial charge in [0.1, 0.15) is 0 Å². The molecule has 1 amide bonds. The Morgan fingerprint density at radius 1 is 1.40 bits per heavy atom. The van der Waals surface area contributed by atoms with Crippen LogP contribution in [0.3, 0.4) is 0 Å². The summed E-state index contributed by atoms with van der Waals surface area (Å²) in [6.07, 6.45) is 10.2. The summed E-state index contributed by atoms with van der Waals surface area (Å²) >= 11 is 0. The number of hydrogen-bond acceptors (Lipinski definition) is 1. The second kappa shape index (κ2) is 6.44. The molecule has 1 aliphatic rings. The lowest BCUT2D eigenvalue weighted by atomic mass is 10.0. The molecule has 1 rings (SSSR count). The van der Waals surface area contributed by atoms with Gasteiger partial charge in [-0.25, -0.2) is 0 Å². The van der Waals surface area contributed by atoms with E-state index in [0.29, 0.717) is 6.42 Å². The average Bonchev–Trinajstić information content (AvgIpc) is 2.27. The van der Waals surface area contributed by atoms with Crippen molar-refractivity contribution in [3.8, 4) is 0 Å². The summed E-state index contributed by atoms with van der Waals surface area (Å²) in [5.41, 5.74) is 1.18. The molecule has 0 spiro atoms. The van der Waals surface area contributed by atoms with Crippen molar-refractivity contribution < 1.29 is 4.79 Å². The van der Waals surface area contributed by atoms with Gasteiger partial charge in [0.2, 0.25) is 5.91 Å². The van der Waals surface area contributed by atoms with Crippen LogP contribution in [0, 0.1) is 0 Å². The lowest BCUT2D eigenvalue weighted by Gasteiger charge is -2.20. The van der Waals surface area contributed by atoms with E-state index in [9.17, 15) is 4.79 Å². The number of carbonyl (C=O) groups excluding carboxylic acids is 1. The number of hydrogen-bond donors (Lipinski definition) is 0. The van der Waals surface area contributed by atoms with Crippen molar-refractivity contribution >= 4 is 5.91 Å². The molecule has 0 N–H and O–H groups in total. The molecule has 2 heteroatoms. The lowest BCUT2D eigenvalue weighted by Crippen LogP contribution is -2.31. The SMILES string of the molecule is CCCN(CC)C(=O)CC1=CCCC=C1. The average molecular weight is 207 g/mol. The third-order valence-corrected chi connectivity index (χ3v) is 2.66. The third kappa shape index (κ3) is 3.90. The van der Waals surface area contributed by atoms with E-state index in [0.717, 1.165) is 32.4 Å². The van der Waals surface area contributed by atoms with Crippen molar-refractivity contribution in [3.05, 3.63) is 23.8 Å². The molecule has 0 bridgehead atoms. The highest BCUT2D eigenvalue weighted by atomic mass is 16.2. The molecule has 0 radical (unpaired) electrons. The van der Waals surface area contributed by atoms with Crippen LogP contribution in [0.5, 0.6) is 0 Å². The van der Waals surface area contributed by atoms with Crippen molar-refractivity contribution in [1.82, 2.24) is 4.90 Å². The Morgan fingerprint density at radius 2 is 2.20 bits per heavy atom. The van der Waals surface area contributed by atoms with Crippen molar-refractivity contribution in [2.75, 3.05) is 13.1 Å². The zero-order valence-corrected chi connectivity index (χ0v) is 9.83. The Kier molecular flexibility index (Phi) is 5.16. The maximum atomic E-state index is 11.9. The maximum absolute atomic E-state index is 11.9. The molecule has 0 aromatic heterocycles. The van der Waals surface area contributed by atoms with Crippen LogP contribution in [-0.2, 0) is 4.79 Å². The smallest absolute Gasteiger partial charge is 0.226 e. The van der Waals surface area contributed by atoms with Crippen LogP contribution in [0.25, 0.3) is 0 Å². The Bertz CT molecular complexity index is 266. The quantitative estimate of drug-likeness (QED) is 0.678. The number of carbonyl (C=O) groups is 1. The van der Waals surface area contributed by atoms with Gasteiger partial charge in [0.25, 0.3) is 0 Å². The molecule has 0 unspecified atom stereocenters. The van der Waals surface area contributed by atoms with Crippen LogP contribution >= 0.6 is 0 Å². The number of amides is 1. The van der Waals surface area contributed by atoms with Crippen molar-refractivity contribution in [2.45, 2.75) is 39.5 Å². The third-order valence-electron chi connectivity index (χ3n) is 2.66. The van der Waals surface area contributed by atoms with Gasteiger partial charge in [-0.05, 0) is 31.8 Å². The van der Waals surface area contributed by atoms with Gasteiger partial charge in [-0.2, -0.15) is 0 Å². The summed E-state index contributed by atoms with van der Waals surface area (Å²) in [5, 5.41) is 0. The molecule has 0 aliphatic heterocycles. The molecule has 84 valence electrons. The molecular formula is C13H21NO. The van der Waals surface area contributed by atoms with Crippen LogP contribution in [0.1, 0.15) is 39.5 Å². The van der Waals surface area contributed by atoms with Gasteiger partial charge in [0.15, 0.2) is 0 Å². The molecule has 0 aromatic rings. The zero-order chi connectivity index (χ0) is 11.1. The van der Waals surface area contributed by atoms with Crippen LogP contribution < -0.4 is 0 Å². The Morgan fingerprint density at radius 3 is 2.73 bits per heavy atom. The summed E-state index contributed by atoms with van der Waals surface area (Å²) in [4.78, 5) is 13.8. The summed E-state index contributed by atoms with van der Waals surface area (Å²) < 4.78 is 0. The first-order valence-corrected chi connectivity index (χ1v) is 5.91. The van der Waals surface area contributed by atoms with Crippen LogP contribution in [0.2, 0.25) is 0 Å². The van der Waals surface area contributed by atoms with Crippen LogP contribution in [0.15, 0.2) is 23.8 Å². The van der Waals surface area contributed by atoms with E-state index in [1.165, 1.54) is 5.57 Å². The summed E-state index contributed by atoms with van der Waals surface area (Å²) in [6.45, 7) is 5.85. The van der Waals surface area contributed by atoms with Gasteiger partial charge in [-0.3, -0.25) is 4.79 Å².